The lowest BCUT2D eigenvalue weighted by Gasteiger charge is -2.37. The minimum absolute atomic E-state index is 0.159. The Morgan fingerprint density at radius 3 is 2.26 bits per heavy atom. The molecule has 0 unspecified atom stereocenters. The quantitative estimate of drug-likeness (QED) is 0.594. The number of nitrogens with one attached hydrogen (secondary N) is 1. The van der Waals surface area contributed by atoms with E-state index in [-0.39, 0.29) is 47.9 Å². The molecule has 6 atom stereocenters. The lowest BCUT2D eigenvalue weighted by molar-refractivity contribution is -0.142. The zero-order chi connectivity index (χ0) is 19.0. The van der Waals surface area contributed by atoms with Crippen molar-refractivity contribution in [2.24, 2.45) is 35.5 Å². The number of anilines is 1. The molecule has 2 saturated carbocycles. The smallest absolute Gasteiger partial charge is 0.244 e. The summed E-state index contributed by atoms with van der Waals surface area (Å²) in [5, 5.41) is 2.86. The van der Waals surface area contributed by atoms with E-state index in [0.717, 1.165) is 22.0 Å². The topological polar surface area (TPSA) is 66.5 Å². The fourth-order valence-corrected chi connectivity index (χ4v) is 5.86. The van der Waals surface area contributed by atoms with Crippen LogP contribution in [0.2, 0.25) is 0 Å². The van der Waals surface area contributed by atoms with Gasteiger partial charge in [0.25, 0.3) is 0 Å². The maximum atomic E-state index is 12.9. The van der Waals surface area contributed by atoms with Gasteiger partial charge in [-0.3, -0.25) is 19.3 Å². The van der Waals surface area contributed by atoms with Crippen LogP contribution in [-0.4, -0.2) is 29.2 Å². The van der Waals surface area contributed by atoms with E-state index in [1.54, 1.807) is 0 Å². The Balaban J connectivity index is 1.33. The number of carbonyl (C=O) groups is 3. The van der Waals surface area contributed by atoms with Crippen molar-refractivity contribution in [1.82, 2.24) is 4.90 Å². The van der Waals surface area contributed by atoms with E-state index in [9.17, 15) is 14.4 Å². The van der Waals surface area contributed by atoms with Crippen LogP contribution in [0, 0.1) is 49.4 Å². The number of imide groups is 1. The molecule has 5 aliphatic rings. The van der Waals surface area contributed by atoms with E-state index in [0.29, 0.717) is 17.5 Å². The molecule has 1 aromatic carbocycles. The molecular weight excluding hydrogens is 408 g/mol. The summed E-state index contributed by atoms with van der Waals surface area (Å²) in [6.07, 6.45) is 5.42. The van der Waals surface area contributed by atoms with Crippen molar-refractivity contribution in [3.05, 3.63) is 39.9 Å². The van der Waals surface area contributed by atoms with E-state index in [2.05, 4.69) is 33.4 Å². The molecule has 4 aliphatic carbocycles. The van der Waals surface area contributed by atoms with Crippen molar-refractivity contribution >= 4 is 39.3 Å². The molecule has 0 aromatic heterocycles. The maximum Gasteiger partial charge on any atom is 0.244 e. The fraction of sp³-hybridized carbons (Fsp3) is 0.476. The molecule has 6 rings (SSSR count). The first-order valence-electron chi connectivity index (χ1n) is 9.47. The van der Waals surface area contributed by atoms with Crippen LogP contribution in [0.3, 0.4) is 0 Å². The van der Waals surface area contributed by atoms with Crippen LogP contribution in [0.25, 0.3) is 0 Å². The molecule has 2 bridgehead atoms. The predicted molar refractivity (Wildman–Crippen MR) is 104 cm³/mol. The van der Waals surface area contributed by atoms with Crippen molar-refractivity contribution in [2.45, 2.75) is 20.3 Å². The van der Waals surface area contributed by atoms with Crippen molar-refractivity contribution in [3.8, 4) is 0 Å². The Labute approximate surface area is 166 Å². The minimum Gasteiger partial charge on any atom is -0.324 e. The highest BCUT2D eigenvalue weighted by Crippen LogP contribution is 2.65. The molecule has 27 heavy (non-hydrogen) atoms. The average Bonchev–Trinajstić information content (AvgIpc) is 3.43. The van der Waals surface area contributed by atoms with Crippen LogP contribution in [0.4, 0.5) is 5.69 Å². The second-order valence-corrected chi connectivity index (χ2v) is 9.16. The van der Waals surface area contributed by atoms with Gasteiger partial charge in [-0.2, -0.15) is 0 Å². The third-order valence-corrected chi connectivity index (χ3v) is 7.91. The molecule has 5 nitrogen and oxygen atoms in total. The first-order chi connectivity index (χ1) is 12.9. The molecule has 3 fully saturated rings. The zero-order valence-electron chi connectivity index (χ0n) is 15.2. The summed E-state index contributed by atoms with van der Waals surface area (Å²) in [5.41, 5.74) is 2.72. The minimum atomic E-state index is -0.328. The maximum absolute atomic E-state index is 12.9. The van der Waals surface area contributed by atoms with Gasteiger partial charge in [-0.1, -0.05) is 28.1 Å². The number of halogens is 1. The van der Waals surface area contributed by atoms with Gasteiger partial charge in [0, 0.05) is 10.2 Å². The Bertz CT molecular complexity index is 888. The van der Waals surface area contributed by atoms with E-state index in [1.807, 2.05) is 26.0 Å². The van der Waals surface area contributed by atoms with Gasteiger partial charge < -0.3 is 5.32 Å². The number of hydrogen-bond donors (Lipinski definition) is 1. The van der Waals surface area contributed by atoms with Gasteiger partial charge in [0.15, 0.2) is 0 Å². The standard InChI is InChI=1S/C21H21BrN2O3/c1-9-10(2)16(6-5-15(9)22)23-17(25)8-24-20(26)18-11-3-4-12(14-7-13(11)14)19(18)21(24)27/h3-6,11-14,18-19H,7-8H2,1-2H3,(H,23,25)/t11-,12-,13-,14-,18+,19+/m1/s1. The van der Waals surface area contributed by atoms with Gasteiger partial charge in [0.2, 0.25) is 17.7 Å². The number of likely N-dealkylation sites (tertiary alicyclic amines) is 1. The Morgan fingerprint density at radius 2 is 1.67 bits per heavy atom. The van der Waals surface area contributed by atoms with E-state index in [4.69, 9.17) is 0 Å². The summed E-state index contributed by atoms with van der Waals surface area (Å²) in [6, 6.07) is 3.71. The van der Waals surface area contributed by atoms with E-state index in [1.165, 1.54) is 4.90 Å². The first kappa shape index (κ1) is 17.2. The van der Waals surface area contributed by atoms with Crippen LogP contribution in [-0.2, 0) is 14.4 Å². The highest BCUT2D eigenvalue weighted by atomic mass is 79.9. The number of benzene rings is 1. The van der Waals surface area contributed by atoms with Gasteiger partial charge >= 0.3 is 0 Å². The normalized spacial score (nSPS) is 35.3. The summed E-state index contributed by atoms with van der Waals surface area (Å²) >= 11 is 3.48. The molecular formula is C21H21BrN2O3. The lowest BCUT2D eigenvalue weighted by atomic mass is 9.63. The van der Waals surface area contributed by atoms with Crippen molar-refractivity contribution in [3.63, 3.8) is 0 Å². The second-order valence-electron chi connectivity index (χ2n) is 8.31. The average molecular weight is 429 g/mol. The number of allylic oxidation sites excluding steroid dienone is 2. The molecule has 6 heteroatoms. The highest BCUT2D eigenvalue weighted by molar-refractivity contribution is 9.10. The van der Waals surface area contributed by atoms with Crippen LogP contribution < -0.4 is 5.32 Å². The molecule has 3 amide bonds. The fourth-order valence-electron chi connectivity index (χ4n) is 5.43. The summed E-state index contributed by atoms with van der Waals surface area (Å²) in [5.74, 6) is 0.367. The van der Waals surface area contributed by atoms with E-state index < -0.39 is 0 Å². The Kier molecular flexibility index (Phi) is 3.67. The lowest BCUT2D eigenvalue weighted by Crippen LogP contribution is -2.40. The monoisotopic (exact) mass is 428 g/mol. The van der Waals surface area contributed by atoms with Gasteiger partial charge in [-0.05, 0) is 67.2 Å². The zero-order valence-corrected chi connectivity index (χ0v) is 16.8. The molecule has 1 heterocycles. The molecule has 140 valence electrons. The molecule has 0 radical (unpaired) electrons. The summed E-state index contributed by atoms with van der Waals surface area (Å²) in [7, 11) is 0. The number of rotatable bonds is 3. The molecule has 1 aromatic rings. The summed E-state index contributed by atoms with van der Waals surface area (Å²) < 4.78 is 0.980. The molecule has 1 N–H and O–H groups in total. The number of nitrogens with zero attached hydrogens (tertiary/aromatic N) is 1. The van der Waals surface area contributed by atoms with Gasteiger partial charge in [-0.15, -0.1) is 0 Å². The SMILES string of the molecule is Cc1c(Br)ccc(NC(=O)CN2C(=O)[C@H]3[C@@H]4C=C[C@H]([C@H]5C[C@H]45)[C@@H]3C2=O)c1C. The van der Waals surface area contributed by atoms with Crippen molar-refractivity contribution in [2.75, 3.05) is 11.9 Å². The highest BCUT2D eigenvalue weighted by Gasteiger charge is 2.67. The number of hydrogen-bond acceptors (Lipinski definition) is 3. The first-order valence-corrected chi connectivity index (χ1v) is 10.3. The predicted octanol–water partition coefficient (Wildman–Crippen LogP) is 3.06. The summed E-state index contributed by atoms with van der Waals surface area (Å²) in [6.45, 7) is 3.71. The van der Waals surface area contributed by atoms with E-state index >= 15 is 0 Å². The molecule has 1 saturated heterocycles. The molecule has 1 aliphatic heterocycles. The van der Waals surface area contributed by atoms with Gasteiger partial charge in [0.1, 0.15) is 6.54 Å². The second kappa shape index (κ2) is 5.77. The van der Waals surface area contributed by atoms with Crippen molar-refractivity contribution < 1.29 is 14.4 Å². The van der Waals surface area contributed by atoms with Crippen molar-refractivity contribution in [1.29, 1.82) is 0 Å². The van der Waals surface area contributed by atoms with Crippen LogP contribution in [0.1, 0.15) is 17.5 Å². The molecule has 0 spiro atoms. The summed E-state index contributed by atoms with van der Waals surface area (Å²) in [4.78, 5) is 39.7. The van der Waals surface area contributed by atoms with Crippen LogP contribution >= 0.6 is 15.9 Å². The largest absolute Gasteiger partial charge is 0.324 e. The third kappa shape index (κ3) is 2.38. The van der Waals surface area contributed by atoms with Crippen LogP contribution in [0.5, 0.6) is 0 Å². The van der Waals surface area contributed by atoms with Gasteiger partial charge in [0.05, 0.1) is 11.8 Å². The Hall–Kier alpha value is -1.95. The number of carbonyl (C=O) groups excluding carboxylic acids is 3. The third-order valence-electron chi connectivity index (χ3n) is 7.05. The van der Waals surface area contributed by atoms with Gasteiger partial charge in [-0.25, -0.2) is 0 Å². The Morgan fingerprint density at radius 1 is 1.07 bits per heavy atom. The van der Waals surface area contributed by atoms with Crippen LogP contribution in [0.15, 0.2) is 28.8 Å². The number of amides is 3.